The van der Waals surface area contributed by atoms with Crippen LogP contribution in [0.5, 0.6) is 0 Å². The van der Waals surface area contributed by atoms with Crippen LogP contribution in [-0.4, -0.2) is 17.0 Å². The molecule has 8 aromatic rings. The van der Waals surface area contributed by atoms with Crippen molar-refractivity contribution in [2.24, 2.45) is 15.4 Å². The first-order chi connectivity index (χ1) is 28.6. The molecule has 1 unspecified atom stereocenters. The van der Waals surface area contributed by atoms with E-state index in [1.165, 1.54) is 71.9 Å². The molecule has 0 N–H and O–H groups in total. The number of hydrogen-bond donors (Lipinski definition) is 0. The van der Waals surface area contributed by atoms with Crippen molar-refractivity contribution in [3.63, 3.8) is 0 Å². The summed E-state index contributed by atoms with van der Waals surface area (Å²) in [6.07, 6.45) is 8.50. The van der Waals surface area contributed by atoms with Gasteiger partial charge in [0.15, 0.2) is 0 Å². The highest BCUT2D eigenvalue weighted by Crippen LogP contribution is 2.45. The lowest BCUT2D eigenvalue weighted by molar-refractivity contribution is 0.510. The molecule has 0 fully saturated rings. The summed E-state index contributed by atoms with van der Waals surface area (Å²) in [4.78, 5) is 10.1. The molecule has 58 heavy (non-hydrogen) atoms. The predicted octanol–water partition coefficient (Wildman–Crippen LogP) is 13.7. The summed E-state index contributed by atoms with van der Waals surface area (Å²) in [5, 5.41) is 2.52. The summed E-state index contributed by atoms with van der Waals surface area (Å²) >= 11 is 0. The van der Waals surface area contributed by atoms with Gasteiger partial charge in [-0.2, -0.15) is 0 Å². The Morgan fingerprint density at radius 1 is 0.621 bits per heavy atom. The Hall–Kier alpha value is -7.10. The van der Waals surface area contributed by atoms with Gasteiger partial charge in [0.2, 0.25) is 0 Å². The van der Waals surface area contributed by atoms with Crippen molar-refractivity contribution in [1.29, 1.82) is 0 Å². The smallest absolute Gasteiger partial charge is 0.0707 e. The minimum atomic E-state index is -0.310. The molecular weight excluding hydrogens is 703 g/mol. The maximum absolute atomic E-state index is 5.33. The number of fused-ring (bicyclic) bond motifs is 4. The summed E-state index contributed by atoms with van der Waals surface area (Å²) in [5.74, 6) is 0. The Morgan fingerprint density at radius 2 is 1.26 bits per heavy atom. The van der Waals surface area contributed by atoms with E-state index in [1.807, 2.05) is 0 Å². The Bertz CT molecular complexity index is 2980. The first-order valence-electron chi connectivity index (χ1n) is 20.1. The number of allylic oxidation sites excluding steroid dienone is 5. The molecule has 2 aliphatic carbocycles. The van der Waals surface area contributed by atoms with Gasteiger partial charge in [0.25, 0.3) is 0 Å². The lowest BCUT2D eigenvalue weighted by atomic mass is 9.76. The third-order valence-corrected chi connectivity index (χ3v) is 12.0. The fourth-order valence-electron chi connectivity index (χ4n) is 8.97. The molecule has 3 nitrogen and oxygen atoms in total. The molecule has 278 valence electrons. The standard InChI is InChI=1S/C55H43N3/c1-55(31-29-40(30-32-55)39-17-8-4-9-18-39)54(56-2)50-35-45-34-43(25-27-47(45)53(50)57-37-38-15-6-3-7-16-38)41-19-14-20-42(33-41)44-26-28-49-48-23-12-13-24-51(48)58(52(49)36-44)46-21-10-5-11-22-46/h3-31,33-34,36H,2,32,35,37H2,1H3/b54-50-,57-53?. The normalized spacial score (nSPS) is 17.7. The van der Waals surface area contributed by atoms with Crippen LogP contribution in [0.1, 0.15) is 35.6 Å². The lowest BCUT2D eigenvalue weighted by Crippen LogP contribution is -2.20. The Balaban J connectivity index is 1.03. The van der Waals surface area contributed by atoms with E-state index in [0.29, 0.717) is 6.54 Å². The molecule has 1 aromatic heterocycles. The Labute approximate surface area is 340 Å². The fourth-order valence-corrected chi connectivity index (χ4v) is 8.97. The molecule has 0 amide bonds. The molecule has 0 spiro atoms. The van der Waals surface area contributed by atoms with Crippen molar-refractivity contribution in [1.82, 2.24) is 4.57 Å². The van der Waals surface area contributed by atoms with Crippen LogP contribution >= 0.6 is 0 Å². The predicted molar refractivity (Wildman–Crippen MR) is 245 cm³/mol. The number of rotatable bonds is 8. The van der Waals surface area contributed by atoms with E-state index in [4.69, 9.17) is 9.98 Å². The van der Waals surface area contributed by atoms with Crippen molar-refractivity contribution in [2.45, 2.75) is 26.3 Å². The second kappa shape index (κ2) is 14.8. The van der Waals surface area contributed by atoms with Gasteiger partial charge >= 0.3 is 0 Å². The Morgan fingerprint density at radius 3 is 2.00 bits per heavy atom. The zero-order valence-electron chi connectivity index (χ0n) is 32.6. The summed E-state index contributed by atoms with van der Waals surface area (Å²) in [5.41, 5.74) is 17.3. The molecule has 0 saturated heterocycles. The van der Waals surface area contributed by atoms with Crippen LogP contribution in [0.2, 0.25) is 0 Å². The largest absolute Gasteiger partial charge is 0.309 e. The third kappa shape index (κ3) is 6.35. The summed E-state index contributed by atoms with van der Waals surface area (Å²) in [6.45, 7) is 7.04. The van der Waals surface area contributed by atoms with Crippen LogP contribution in [0.3, 0.4) is 0 Å². The average molecular weight is 746 g/mol. The monoisotopic (exact) mass is 745 g/mol. The van der Waals surface area contributed by atoms with Crippen molar-refractivity contribution >= 4 is 39.8 Å². The quantitative estimate of drug-likeness (QED) is 0.139. The van der Waals surface area contributed by atoms with Gasteiger partial charge in [0.05, 0.1) is 29.0 Å². The van der Waals surface area contributed by atoms with E-state index in [1.54, 1.807) is 0 Å². The van der Waals surface area contributed by atoms with E-state index in [-0.39, 0.29) is 5.41 Å². The number of aromatic nitrogens is 1. The third-order valence-electron chi connectivity index (χ3n) is 12.0. The van der Waals surface area contributed by atoms with Gasteiger partial charge in [0.1, 0.15) is 0 Å². The highest BCUT2D eigenvalue weighted by molar-refractivity contribution is 6.17. The SMILES string of the molecule is C=N/C(=C1/Cc2cc(-c3cccc(-c4ccc5c6ccccc6n(-c6ccccc6)c5c4)c3)ccc2C1=NCc1ccccc1)C1(C)C=CC(c2ccccc2)=CC1. The number of aliphatic imine (C=N–C) groups is 2. The van der Waals surface area contributed by atoms with Crippen LogP contribution in [-0.2, 0) is 13.0 Å². The van der Waals surface area contributed by atoms with Crippen molar-refractivity contribution in [3.05, 3.63) is 228 Å². The van der Waals surface area contributed by atoms with Crippen LogP contribution in [0.25, 0.3) is 55.3 Å². The van der Waals surface area contributed by atoms with Crippen molar-refractivity contribution < 1.29 is 0 Å². The summed E-state index contributed by atoms with van der Waals surface area (Å²) in [6, 6.07) is 63.2. The first kappa shape index (κ1) is 35.3. The van der Waals surface area contributed by atoms with Gasteiger partial charge in [-0.3, -0.25) is 9.98 Å². The van der Waals surface area contributed by atoms with E-state index < -0.39 is 0 Å². The van der Waals surface area contributed by atoms with Gasteiger partial charge in [-0.15, -0.1) is 0 Å². The molecule has 0 aliphatic heterocycles. The highest BCUT2D eigenvalue weighted by Gasteiger charge is 2.35. The second-order valence-corrected chi connectivity index (χ2v) is 15.7. The maximum Gasteiger partial charge on any atom is 0.0707 e. The summed E-state index contributed by atoms with van der Waals surface area (Å²) in [7, 11) is 0. The lowest BCUT2D eigenvalue weighted by Gasteiger charge is -2.30. The summed E-state index contributed by atoms with van der Waals surface area (Å²) < 4.78 is 2.38. The number of benzene rings is 7. The average Bonchev–Trinajstić information content (AvgIpc) is 3.81. The molecule has 10 rings (SSSR count). The molecule has 3 heteroatoms. The van der Waals surface area contributed by atoms with E-state index in [9.17, 15) is 0 Å². The van der Waals surface area contributed by atoms with Gasteiger partial charge in [-0.25, -0.2) is 0 Å². The number of para-hydroxylation sites is 2. The molecule has 0 saturated carbocycles. The van der Waals surface area contributed by atoms with Crippen molar-refractivity contribution in [2.75, 3.05) is 0 Å². The van der Waals surface area contributed by atoms with Crippen LogP contribution < -0.4 is 0 Å². The number of nitrogens with zero attached hydrogens (tertiary/aromatic N) is 3. The van der Waals surface area contributed by atoms with Gasteiger partial charge < -0.3 is 4.57 Å². The molecular formula is C55H43N3. The van der Waals surface area contributed by atoms with Crippen molar-refractivity contribution in [3.8, 4) is 27.9 Å². The zero-order valence-corrected chi connectivity index (χ0v) is 32.6. The molecule has 0 bridgehead atoms. The minimum absolute atomic E-state index is 0.310. The van der Waals surface area contributed by atoms with Gasteiger partial charge in [-0.1, -0.05) is 171 Å². The first-order valence-corrected chi connectivity index (χ1v) is 20.1. The molecule has 1 atom stereocenters. The van der Waals surface area contributed by atoms with E-state index in [2.05, 4.69) is 212 Å². The van der Waals surface area contributed by atoms with Crippen LogP contribution in [0, 0.1) is 5.41 Å². The fraction of sp³-hybridized carbons (Fsp3) is 0.0909. The second-order valence-electron chi connectivity index (χ2n) is 15.7. The zero-order chi connectivity index (χ0) is 39.1. The molecule has 7 aromatic carbocycles. The Kier molecular flexibility index (Phi) is 8.99. The topological polar surface area (TPSA) is 29.6 Å². The van der Waals surface area contributed by atoms with E-state index >= 15 is 0 Å². The highest BCUT2D eigenvalue weighted by atomic mass is 15.0. The van der Waals surface area contributed by atoms with Gasteiger partial charge in [0, 0.05) is 39.4 Å². The molecule has 0 radical (unpaired) electrons. The maximum atomic E-state index is 5.33. The van der Waals surface area contributed by atoms with Crippen LogP contribution in [0.4, 0.5) is 0 Å². The molecule has 1 heterocycles. The molecule has 2 aliphatic rings. The van der Waals surface area contributed by atoms with Gasteiger partial charge in [-0.05, 0) is 88.0 Å². The van der Waals surface area contributed by atoms with E-state index in [0.717, 1.165) is 35.5 Å². The van der Waals surface area contributed by atoms with Crippen LogP contribution in [0.15, 0.2) is 215 Å². The minimum Gasteiger partial charge on any atom is -0.309 e. The number of hydrogen-bond acceptors (Lipinski definition) is 2.